The van der Waals surface area contributed by atoms with E-state index in [9.17, 15) is 0 Å². The van der Waals surface area contributed by atoms with Gasteiger partial charge in [0.1, 0.15) is 5.75 Å². The van der Waals surface area contributed by atoms with Crippen LogP contribution in [0.3, 0.4) is 0 Å². The molecule has 0 aliphatic carbocycles. The van der Waals surface area contributed by atoms with Crippen molar-refractivity contribution >= 4 is 0 Å². The van der Waals surface area contributed by atoms with E-state index in [0.29, 0.717) is 0 Å². The first-order valence-electron chi connectivity index (χ1n) is 3.94. The van der Waals surface area contributed by atoms with Crippen molar-refractivity contribution in [2.45, 2.75) is 12.8 Å². The number of rotatable bonds is 1. The van der Waals surface area contributed by atoms with Gasteiger partial charge in [0.05, 0.1) is 6.61 Å². The van der Waals surface area contributed by atoms with Crippen molar-refractivity contribution in [2.24, 2.45) is 0 Å². The van der Waals surface area contributed by atoms with Crippen molar-refractivity contribution < 1.29 is 37.4 Å². The number of ether oxygens (including phenoxy) is 1. The van der Waals surface area contributed by atoms with Crippen LogP contribution in [-0.4, -0.2) is 6.61 Å². The Bertz CT molecular complexity index is 271. The van der Waals surface area contributed by atoms with Crippen molar-refractivity contribution in [3.8, 4) is 5.75 Å². The first-order valence-corrected chi connectivity index (χ1v) is 3.94. The van der Waals surface area contributed by atoms with E-state index < -0.39 is 0 Å². The van der Waals surface area contributed by atoms with Crippen LogP contribution >= 0.6 is 0 Å². The summed E-state index contributed by atoms with van der Waals surface area (Å²) in [5.41, 5.74) is 2.64. The van der Waals surface area contributed by atoms with Gasteiger partial charge in [0, 0.05) is 39.1 Å². The summed E-state index contributed by atoms with van der Waals surface area (Å²) in [5.74, 6) is 1.06. The molecular weight excluding hydrogens is 225 g/mol. The summed E-state index contributed by atoms with van der Waals surface area (Å²) in [5, 5.41) is 0. The minimum atomic E-state index is 0. The number of benzene rings is 1. The second kappa shape index (κ2) is 4.39. The van der Waals surface area contributed by atoms with E-state index in [1.807, 2.05) is 6.07 Å². The van der Waals surface area contributed by atoms with Gasteiger partial charge in [-0.2, -0.15) is 6.42 Å². The molecule has 2 heteroatoms. The largest absolute Gasteiger partial charge is 0.493 e. The van der Waals surface area contributed by atoms with Crippen LogP contribution in [0.4, 0.5) is 0 Å². The van der Waals surface area contributed by atoms with Crippen LogP contribution in [0.25, 0.3) is 0 Å². The van der Waals surface area contributed by atoms with Gasteiger partial charge in [0.25, 0.3) is 0 Å². The molecule has 1 nitrogen and oxygen atoms in total. The molecule has 0 N–H and O–H groups in total. The SMILES string of the molecule is [CH2-]Cc1ccc2c(c1)CCO2.[Y]. The molecule has 0 aromatic heterocycles. The van der Waals surface area contributed by atoms with E-state index in [0.717, 1.165) is 25.2 Å². The maximum atomic E-state index is 5.38. The normalized spacial score (nSPS) is 13.1. The zero-order chi connectivity index (χ0) is 7.68. The molecule has 0 amide bonds. The van der Waals surface area contributed by atoms with Crippen LogP contribution in [0.15, 0.2) is 18.2 Å². The van der Waals surface area contributed by atoms with Crippen molar-refractivity contribution in [1.82, 2.24) is 0 Å². The zero-order valence-electron chi connectivity index (χ0n) is 7.05. The van der Waals surface area contributed by atoms with Gasteiger partial charge >= 0.3 is 0 Å². The fourth-order valence-corrected chi connectivity index (χ4v) is 1.40. The van der Waals surface area contributed by atoms with Crippen LogP contribution in [0.5, 0.6) is 5.75 Å². The maximum absolute atomic E-state index is 5.38. The van der Waals surface area contributed by atoms with E-state index in [-0.39, 0.29) is 32.7 Å². The molecule has 1 aliphatic heterocycles. The minimum Gasteiger partial charge on any atom is -0.493 e. The maximum Gasteiger partial charge on any atom is 0.122 e. The quantitative estimate of drug-likeness (QED) is 0.677. The third kappa shape index (κ3) is 1.89. The molecule has 2 rings (SSSR count). The third-order valence-electron chi connectivity index (χ3n) is 2.04. The van der Waals surface area contributed by atoms with Gasteiger partial charge in [0.15, 0.2) is 0 Å². The summed E-state index contributed by atoms with van der Waals surface area (Å²) in [6.07, 6.45) is 1.93. The monoisotopic (exact) mass is 236 g/mol. The zero-order valence-corrected chi connectivity index (χ0v) is 9.88. The Morgan fingerprint density at radius 1 is 1.42 bits per heavy atom. The second-order valence-corrected chi connectivity index (χ2v) is 2.79. The fraction of sp³-hybridized carbons (Fsp3) is 0.300. The van der Waals surface area contributed by atoms with Crippen LogP contribution in [-0.2, 0) is 45.6 Å². The van der Waals surface area contributed by atoms with E-state index >= 15 is 0 Å². The van der Waals surface area contributed by atoms with E-state index in [2.05, 4.69) is 19.1 Å². The first-order chi connectivity index (χ1) is 5.40. The van der Waals surface area contributed by atoms with Crippen LogP contribution < -0.4 is 4.74 Å². The van der Waals surface area contributed by atoms with E-state index in [1.165, 1.54) is 11.1 Å². The summed E-state index contributed by atoms with van der Waals surface area (Å²) < 4.78 is 5.38. The first kappa shape index (κ1) is 10.2. The molecule has 1 aromatic rings. The molecule has 0 saturated heterocycles. The summed E-state index contributed by atoms with van der Waals surface area (Å²) in [6, 6.07) is 6.31. The van der Waals surface area contributed by atoms with E-state index in [1.54, 1.807) is 0 Å². The van der Waals surface area contributed by atoms with Gasteiger partial charge in [-0.05, 0) is 11.6 Å². The molecule has 61 valence electrons. The van der Waals surface area contributed by atoms with Crippen molar-refractivity contribution in [1.29, 1.82) is 0 Å². The molecule has 0 saturated carbocycles. The Labute approximate surface area is 98.4 Å². The van der Waals surface area contributed by atoms with Crippen molar-refractivity contribution in [3.05, 3.63) is 36.2 Å². The summed E-state index contributed by atoms with van der Waals surface area (Å²) in [6.45, 7) is 4.68. The Hall–Kier alpha value is 0.124. The smallest absolute Gasteiger partial charge is 0.122 e. The predicted molar refractivity (Wildman–Crippen MR) is 44.7 cm³/mol. The second-order valence-electron chi connectivity index (χ2n) is 2.79. The average Bonchev–Trinajstić information content (AvgIpc) is 2.50. The molecule has 1 aromatic carbocycles. The van der Waals surface area contributed by atoms with Gasteiger partial charge < -0.3 is 11.7 Å². The van der Waals surface area contributed by atoms with Gasteiger partial charge in [-0.3, -0.25) is 0 Å². The molecule has 0 unspecified atom stereocenters. The molecule has 0 spiro atoms. The summed E-state index contributed by atoms with van der Waals surface area (Å²) in [7, 11) is 0. The molecule has 12 heavy (non-hydrogen) atoms. The standard InChI is InChI=1S/C10H11O.Y/c1-2-8-3-4-10-9(7-8)5-6-11-10;/h3-4,7H,1-2,5-6H2;/q-1;. The average molecular weight is 236 g/mol. The Morgan fingerprint density at radius 3 is 3.00 bits per heavy atom. The van der Waals surface area contributed by atoms with Crippen molar-refractivity contribution in [2.75, 3.05) is 6.61 Å². The number of fused-ring (bicyclic) bond motifs is 1. The summed E-state index contributed by atoms with van der Waals surface area (Å²) >= 11 is 0. The molecule has 1 aliphatic rings. The molecule has 1 radical (unpaired) electrons. The molecule has 0 bridgehead atoms. The Balaban J connectivity index is 0.000000720. The molecule has 0 fully saturated rings. The van der Waals surface area contributed by atoms with Gasteiger partial charge in [-0.1, -0.05) is 17.7 Å². The topological polar surface area (TPSA) is 9.23 Å². The minimum absolute atomic E-state index is 0. The summed E-state index contributed by atoms with van der Waals surface area (Å²) in [4.78, 5) is 0. The van der Waals surface area contributed by atoms with Crippen LogP contribution in [0.1, 0.15) is 11.1 Å². The third-order valence-corrected chi connectivity index (χ3v) is 2.04. The van der Waals surface area contributed by atoms with Gasteiger partial charge in [-0.25, -0.2) is 0 Å². The number of hydrogen-bond acceptors (Lipinski definition) is 1. The molecule has 1 heterocycles. The Morgan fingerprint density at radius 2 is 2.25 bits per heavy atom. The van der Waals surface area contributed by atoms with Crippen molar-refractivity contribution in [3.63, 3.8) is 0 Å². The fourth-order valence-electron chi connectivity index (χ4n) is 1.40. The van der Waals surface area contributed by atoms with Crippen LogP contribution in [0, 0.1) is 6.92 Å². The van der Waals surface area contributed by atoms with Gasteiger partial charge in [0.2, 0.25) is 0 Å². The Kier molecular flexibility index (Phi) is 3.73. The molecular formula is C10H11OY-. The van der Waals surface area contributed by atoms with Crippen LogP contribution in [0.2, 0.25) is 0 Å². The van der Waals surface area contributed by atoms with Gasteiger partial charge in [-0.15, -0.1) is 0 Å². The number of hydrogen-bond donors (Lipinski definition) is 0. The molecule has 0 atom stereocenters. The predicted octanol–water partition coefficient (Wildman–Crippen LogP) is 2.00. The van der Waals surface area contributed by atoms with E-state index in [4.69, 9.17) is 4.74 Å².